The van der Waals surface area contributed by atoms with E-state index in [0.29, 0.717) is 6.54 Å². The van der Waals surface area contributed by atoms with Gasteiger partial charge in [-0.05, 0) is 38.1 Å². The van der Waals surface area contributed by atoms with Gasteiger partial charge in [-0.3, -0.25) is 9.10 Å². The molecule has 1 N–H and O–H groups in total. The molecule has 1 aromatic rings. The molecule has 19 heavy (non-hydrogen) atoms. The second kappa shape index (κ2) is 6.01. The summed E-state index contributed by atoms with van der Waals surface area (Å²) in [5.41, 5.74) is 0.252. The Morgan fingerprint density at radius 3 is 2.32 bits per heavy atom. The van der Waals surface area contributed by atoms with E-state index in [9.17, 15) is 17.6 Å². The summed E-state index contributed by atoms with van der Waals surface area (Å²) in [6, 6.07) is 4.05. The van der Waals surface area contributed by atoms with Gasteiger partial charge in [0.1, 0.15) is 11.9 Å². The van der Waals surface area contributed by atoms with Crippen LogP contribution in [0.4, 0.5) is 10.1 Å². The van der Waals surface area contributed by atoms with E-state index in [4.69, 9.17) is 0 Å². The number of carbonyl (C=O) groups excluding carboxylic acids is 1. The fourth-order valence-corrected chi connectivity index (χ4v) is 2.89. The molecule has 0 saturated carbocycles. The zero-order valence-corrected chi connectivity index (χ0v) is 11.9. The third kappa shape index (κ3) is 3.92. The van der Waals surface area contributed by atoms with Gasteiger partial charge in [-0.25, -0.2) is 12.8 Å². The van der Waals surface area contributed by atoms with E-state index in [1.54, 1.807) is 6.92 Å². The Morgan fingerprint density at radius 2 is 1.89 bits per heavy atom. The van der Waals surface area contributed by atoms with Gasteiger partial charge >= 0.3 is 0 Å². The summed E-state index contributed by atoms with van der Waals surface area (Å²) in [5.74, 6) is -0.875. The molecule has 0 radical (unpaired) electrons. The number of likely N-dealkylation sites (N-methyl/N-ethyl adjacent to an activating group) is 1. The van der Waals surface area contributed by atoms with Gasteiger partial charge in [0.2, 0.25) is 15.9 Å². The van der Waals surface area contributed by atoms with Crippen molar-refractivity contribution in [1.29, 1.82) is 0 Å². The monoisotopic (exact) mass is 288 g/mol. The molecule has 106 valence electrons. The molecule has 0 aliphatic rings. The highest BCUT2D eigenvalue weighted by Gasteiger charge is 2.28. The summed E-state index contributed by atoms with van der Waals surface area (Å²) >= 11 is 0. The number of nitrogens with one attached hydrogen (secondary N) is 1. The van der Waals surface area contributed by atoms with Crippen LogP contribution in [-0.4, -0.2) is 33.2 Å². The minimum absolute atomic E-state index is 0.252. The molecule has 5 nitrogen and oxygen atoms in total. The lowest BCUT2D eigenvalue weighted by Gasteiger charge is -2.28. The molecule has 0 aliphatic heterocycles. The van der Waals surface area contributed by atoms with Crippen LogP contribution in [-0.2, 0) is 14.8 Å². The number of rotatable bonds is 5. The molecule has 0 fully saturated rings. The second-order valence-corrected chi connectivity index (χ2v) is 5.97. The van der Waals surface area contributed by atoms with Gasteiger partial charge in [0.15, 0.2) is 0 Å². The van der Waals surface area contributed by atoms with E-state index >= 15 is 0 Å². The molecule has 0 aliphatic carbocycles. The van der Waals surface area contributed by atoms with Crippen LogP contribution in [0.15, 0.2) is 24.3 Å². The van der Waals surface area contributed by atoms with Crippen LogP contribution in [0.3, 0.4) is 0 Å². The number of amides is 1. The molecule has 0 saturated heterocycles. The highest BCUT2D eigenvalue weighted by atomic mass is 32.2. The van der Waals surface area contributed by atoms with E-state index in [2.05, 4.69) is 5.32 Å². The van der Waals surface area contributed by atoms with Crippen molar-refractivity contribution in [2.24, 2.45) is 0 Å². The topological polar surface area (TPSA) is 66.5 Å². The number of sulfonamides is 1. The van der Waals surface area contributed by atoms with E-state index in [-0.39, 0.29) is 5.69 Å². The number of benzene rings is 1. The Morgan fingerprint density at radius 1 is 1.37 bits per heavy atom. The lowest BCUT2D eigenvalue weighted by molar-refractivity contribution is -0.121. The predicted molar refractivity (Wildman–Crippen MR) is 71.9 cm³/mol. The predicted octanol–water partition coefficient (Wildman–Crippen LogP) is 1.12. The lowest BCUT2D eigenvalue weighted by atomic mass is 10.2. The highest BCUT2D eigenvalue weighted by Crippen LogP contribution is 2.21. The van der Waals surface area contributed by atoms with E-state index < -0.39 is 27.8 Å². The van der Waals surface area contributed by atoms with E-state index in [1.807, 2.05) is 0 Å². The van der Waals surface area contributed by atoms with Crippen molar-refractivity contribution in [3.8, 4) is 0 Å². The SMILES string of the molecule is CCNC(=O)[C@@H](C)N(c1ccc(F)cc1)S(C)(=O)=O. The standard InChI is InChI=1S/C12H17FN2O3S/c1-4-14-12(16)9(2)15(19(3,17)18)11-7-5-10(13)6-8-11/h5-9H,4H2,1-3H3,(H,14,16)/t9-/m1/s1. The summed E-state index contributed by atoms with van der Waals surface area (Å²) in [5, 5.41) is 2.56. The molecule has 1 amide bonds. The molecule has 0 spiro atoms. The Bertz CT molecular complexity index is 543. The lowest BCUT2D eigenvalue weighted by Crippen LogP contribution is -2.47. The average molecular weight is 288 g/mol. The Balaban J connectivity index is 3.16. The number of nitrogens with zero attached hydrogens (tertiary/aromatic N) is 1. The minimum Gasteiger partial charge on any atom is -0.355 e. The summed E-state index contributed by atoms with van der Waals surface area (Å²) in [6.07, 6.45) is 1.01. The van der Waals surface area contributed by atoms with Gasteiger partial charge in [-0.15, -0.1) is 0 Å². The van der Waals surface area contributed by atoms with Crippen LogP contribution in [0.25, 0.3) is 0 Å². The highest BCUT2D eigenvalue weighted by molar-refractivity contribution is 7.92. The summed E-state index contributed by atoms with van der Waals surface area (Å²) < 4.78 is 37.5. The van der Waals surface area contributed by atoms with Gasteiger partial charge in [-0.2, -0.15) is 0 Å². The maximum Gasteiger partial charge on any atom is 0.243 e. The Hall–Kier alpha value is -1.63. The van der Waals surface area contributed by atoms with Crippen molar-refractivity contribution in [1.82, 2.24) is 5.32 Å². The molecule has 0 bridgehead atoms. The molecule has 0 aromatic heterocycles. The number of hydrogen-bond acceptors (Lipinski definition) is 3. The van der Waals surface area contributed by atoms with Crippen molar-refractivity contribution in [3.63, 3.8) is 0 Å². The minimum atomic E-state index is -3.64. The third-order valence-corrected chi connectivity index (χ3v) is 3.76. The maximum absolute atomic E-state index is 12.9. The van der Waals surface area contributed by atoms with Crippen molar-refractivity contribution >= 4 is 21.6 Å². The molecule has 0 unspecified atom stereocenters. The normalized spacial score (nSPS) is 12.8. The fraction of sp³-hybridized carbons (Fsp3) is 0.417. The first kappa shape index (κ1) is 15.4. The molecule has 0 heterocycles. The largest absolute Gasteiger partial charge is 0.355 e. The molecule has 1 aromatic carbocycles. The van der Waals surface area contributed by atoms with E-state index in [0.717, 1.165) is 22.7 Å². The Labute approximate surface area is 112 Å². The second-order valence-electron chi connectivity index (χ2n) is 4.11. The van der Waals surface area contributed by atoms with Gasteiger partial charge < -0.3 is 5.32 Å². The van der Waals surface area contributed by atoms with Gasteiger partial charge in [0, 0.05) is 6.54 Å². The zero-order chi connectivity index (χ0) is 14.6. The van der Waals surface area contributed by atoms with Gasteiger partial charge in [-0.1, -0.05) is 0 Å². The number of hydrogen-bond donors (Lipinski definition) is 1. The molecular weight excluding hydrogens is 271 g/mol. The van der Waals surface area contributed by atoms with Gasteiger partial charge in [0.05, 0.1) is 11.9 Å². The van der Waals surface area contributed by atoms with Crippen LogP contribution in [0, 0.1) is 5.82 Å². The number of carbonyl (C=O) groups is 1. The number of halogens is 1. The third-order valence-electron chi connectivity index (χ3n) is 2.52. The van der Waals surface area contributed by atoms with Crippen molar-refractivity contribution in [2.75, 3.05) is 17.1 Å². The Kier molecular flexibility index (Phi) is 4.88. The van der Waals surface area contributed by atoms with Crippen LogP contribution in [0.1, 0.15) is 13.8 Å². The van der Waals surface area contributed by atoms with E-state index in [1.165, 1.54) is 19.1 Å². The van der Waals surface area contributed by atoms with Crippen LogP contribution in [0.5, 0.6) is 0 Å². The fourth-order valence-electron chi connectivity index (χ4n) is 1.72. The summed E-state index contributed by atoms with van der Waals surface area (Å²) in [4.78, 5) is 11.8. The summed E-state index contributed by atoms with van der Waals surface area (Å²) in [6.45, 7) is 3.63. The first-order chi connectivity index (χ1) is 8.77. The van der Waals surface area contributed by atoms with Crippen LogP contribution < -0.4 is 9.62 Å². The average Bonchev–Trinajstić information content (AvgIpc) is 2.30. The maximum atomic E-state index is 12.9. The molecule has 1 rings (SSSR count). The van der Waals surface area contributed by atoms with Crippen LogP contribution >= 0.6 is 0 Å². The van der Waals surface area contributed by atoms with Crippen molar-refractivity contribution in [2.45, 2.75) is 19.9 Å². The molecule has 1 atom stereocenters. The van der Waals surface area contributed by atoms with Crippen molar-refractivity contribution in [3.05, 3.63) is 30.1 Å². The summed E-state index contributed by atoms with van der Waals surface area (Å²) in [7, 11) is -3.64. The van der Waals surface area contributed by atoms with Crippen molar-refractivity contribution < 1.29 is 17.6 Å². The first-order valence-corrected chi connectivity index (χ1v) is 7.65. The smallest absolute Gasteiger partial charge is 0.243 e. The molecular formula is C12H17FN2O3S. The molecule has 7 heteroatoms. The quantitative estimate of drug-likeness (QED) is 0.883. The first-order valence-electron chi connectivity index (χ1n) is 5.80. The number of anilines is 1. The van der Waals surface area contributed by atoms with Gasteiger partial charge in [0.25, 0.3) is 0 Å². The van der Waals surface area contributed by atoms with Crippen LogP contribution in [0.2, 0.25) is 0 Å². The zero-order valence-electron chi connectivity index (χ0n) is 11.1.